The molecule has 0 aromatic carbocycles. The summed E-state index contributed by atoms with van der Waals surface area (Å²) in [5.74, 6) is 1.15. The number of nitrogens with zero attached hydrogens (tertiary/aromatic N) is 1. The predicted octanol–water partition coefficient (Wildman–Crippen LogP) is 0.791. The van der Waals surface area contributed by atoms with Crippen molar-refractivity contribution in [2.24, 2.45) is 11.7 Å². The molecular formula is C9H20N2OS. The Bertz CT molecular complexity index is 164. The first-order valence-corrected chi connectivity index (χ1v) is 5.89. The fraction of sp³-hybridized carbons (Fsp3) is 0.889. The van der Waals surface area contributed by atoms with Crippen LogP contribution in [0.5, 0.6) is 0 Å². The first-order chi connectivity index (χ1) is 6.04. The molecule has 0 saturated carbocycles. The fourth-order valence-electron chi connectivity index (χ4n) is 1.04. The topological polar surface area (TPSA) is 46.3 Å². The lowest BCUT2D eigenvalue weighted by molar-refractivity contribution is -0.134. The third-order valence-corrected chi connectivity index (χ3v) is 3.02. The van der Waals surface area contributed by atoms with Gasteiger partial charge in [-0.3, -0.25) is 4.79 Å². The second-order valence-corrected chi connectivity index (χ2v) is 4.30. The highest BCUT2D eigenvalue weighted by molar-refractivity contribution is 7.98. The van der Waals surface area contributed by atoms with Crippen molar-refractivity contribution in [2.45, 2.75) is 19.9 Å². The Morgan fingerprint density at radius 3 is 2.46 bits per heavy atom. The average molecular weight is 204 g/mol. The fourth-order valence-corrected chi connectivity index (χ4v) is 1.69. The van der Waals surface area contributed by atoms with Crippen LogP contribution in [0.4, 0.5) is 0 Å². The van der Waals surface area contributed by atoms with Gasteiger partial charge in [-0.05, 0) is 13.2 Å². The molecule has 0 aliphatic carbocycles. The molecule has 0 spiro atoms. The maximum atomic E-state index is 11.7. The normalized spacial score (nSPS) is 15.2. The molecule has 0 rings (SSSR count). The lowest BCUT2D eigenvalue weighted by Crippen LogP contribution is -2.42. The van der Waals surface area contributed by atoms with Crippen LogP contribution >= 0.6 is 11.8 Å². The van der Waals surface area contributed by atoms with Gasteiger partial charge < -0.3 is 10.6 Å². The Hall–Kier alpha value is -0.220. The summed E-state index contributed by atoms with van der Waals surface area (Å²) < 4.78 is 0. The average Bonchev–Trinajstić information content (AvgIpc) is 2.14. The highest BCUT2D eigenvalue weighted by atomic mass is 32.2. The van der Waals surface area contributed by atoms with Crippen LogP contribution in [-0.4, -0.2) is 42.4 Å². The van der Waals surface area contributed by atoms with Crippen LogP contribution in [0.2, 0.25) is 0 Å². The van der Waals surface area contributed by atoms with Gasteiger partial charge in [0.2, 0.25) is 5.91 Å². The third-order valence-electron chi connectivity index (χ3n) is 2.19. The van der Waals surface area contributed by atoms with Crippen LogP contribution in [0.1, 0.15) is 13.8 Å². The van der Waals surface area contributed by atoms with Crippen molar-refractivity contribution in [1.29, 1.82) is 0 Å². The van der Waals surface area contributed by atoms with E-state index in [-0.39, 0.29) is 17.9 Å². The van der Waals surface area contributed by atoms with Crippen molar-refractivity contribution >= 4 is 17.7 Å². The summed E-state index contributed by atoms with van der Waals surface area (Å²) >= 11 is 1.70. The molecule has 0 aromatic rings. The molecule has 78 valence electrons. The standard InChI is InChI=1S/C9H20N2OS/c1-7(6-13-4)9(12)11(3)8(2)5-10/h7-8H,5-6,10H2,1-4H3. The van der Waals surface area contributed by atoms with Gasteiger partial charge in [0.05, 0.1) is 0 Å². The van der Waals surface area contributed by atoms with Crippen molar-refractivity contribution in [2.75, 3.05) is 25.6 Å². The summed E-state index contributed by atoms with van der Waals surface area (Å²) in [4.78, 5) is 13.4. The van der Waals surface area contributed by atoms with Gasteiger partial charge in [-0.2, -0.15) is 11.8 Å². The molecule has 0 heterocycles. The second-order valence-electron chi connectivity index (χ2n) is 3.39. The maximum absolute atomic E-state index is 11.7. The maximum Gasteiger partial charge on any atom is 0.226 e. The van der Waals surface area contributed by atoms with Crippen molar-refractivity contribution in [1.82, 2.24) is 4.90 Å². The van der Waals surface area contributed by atoms with Crippen LogP contribution in [0.15, 0.2) is 0 Å². The number of rotatable bonds is 5. The van der Waals surface area contributed by atoms with E-state index in [9.17, 15) is 4.79 Å². The zero-order chi connectivity index (χ0) is 10.4. The quantitative estimate of drug-likeness (QED) is 0.720. The lowest BCUT2D eigenvalue weighted by Gasteiger charge is -2.26. The number of hydrogen-bond donors (Lipinski definition) is 1. The number of thioether (sulfide) groups is 1. The van der Waals surface area contributed by atoms with E-state index in [1.165, 1.54) is 0 Å². The summed E-state index contributed by atoms with van der Waals surface area (Å²) in [6.45, 7) is 4.44. The van der Waals surface area contributed by atoms with E-state index in [0.29, 0.717) is 6.54 Å². The first kappa shape index (κ1) is 12.8. The minimum atomic E-state index is 0.0917. The molecule has 0 bridgehead atoms. The summed E-state index contributed by atoms with van der Waals surface area (Å²) in [6, 6.07) is 0.136. The summed E-state index contributed by atoms with van der Waals surface area (Å²) in [7, 11) is 1.82. The van der Waals surface area contributed by atoms with E-state index in [1.54, 1.807) is 16.7 Å². The number of carbonyl (C=O) groups excluding carboxylic acids is 1. The zero-order valence-electron chi connectivity index (χ0n) is 8.91. The minimum Gasteiger partial charge on any atom is -0.342 e. The van der Waals surface area contributed by atoms with Crippen molar-refractivity contribution in [3.05, 3.63) is 0 Å². The molecule has 2 unspecified atom stereocenters. The first-order valence-electron chi connectivity index (χ1n) is 4.50. The lowest BCUT2D eigenvalue weighted by atomic mass is 10.1. The largest absolute Gasteiger partial charge is 0.342 e. The van der Waals surface area contributed by atoms with Gasteiger partial charge in [0, 0.05) is 31.3 Å². The molecule has 0 saturated heterocycles. The number of hydrogen-bond acceptors (Lipinski definition) is 3. The smallest absolute Gasteiger partial charge is 0.226 e. The van der Waals surface area contributed by atoms with E-state index >= 15 is 0 Å². The van der Waals surface area contributed by atoms with Gasteiger partial charge in [-0.1, -0.05) is 6.92 Å². The Morgan fingerprint density at radius 1 is 1.54 bits per heavy atom. The molecule has 0 aromatic heterocycles. The summed E-state index contributed by atoms with van der Waals surface area (Å²) in [5, 5.41) is 0. The van der Waals surface area contributed by atoms with E-state index in [1.807, 2.05) is 27.2 Å². The van der Waals surface area contributed by atoms with Gasteiger partial charge in [-0.25, -0.2) is 0 Å². The second kappa shape index (κ2) is 6.27. The molecule has 0 aliphatic heterocycles. The minimum absolute atomic E-state index is 0.0917. The predicted molar refractivity (Wildman–Crippen MR) is 58.8 cm³/mol. The molecule has 4 heteroatoms. The highest BCUT2D eigenvalue weighted by Crippen LogP contribution is 2.09. The summed E-state index contributed by atoms with van der Waals surface area (Å²) in [5.41, 5.74) is 5.49. The number of nitrogens with two attached hydrogens (primary N) is 1. The summed E-state index contributed by atoms with van der Waals surface area (Å²) in [6.07, 6.45) is 2.01. The van der Waals surface area contributed by atoms with E-state index in [0.717, 1.165) is 5.75 Å². The van der Waals surface area contributed by atoms with Crippen LogP contribution in [0.3, 0.4) is 0 Å². The SMILES string of the molecule is CSCC(C)C(=O)N(C)C(C)CN. The van der Waals surface area contributed by atoms with Gasteiger partial charge in [0.1, 0.15) is 0 Å². The number of likely N-dealkylation sites (N-methyl/N-ethyl adjacent to an activating group) is 1. The monoisotopic (exact) mass is 204 g/mol. The van der Waals surface area contributed by atoms with Crippen LogP contribution in [-0.2, 0) is 4.79 Å². The van der Waals surface area contributed by atoms with Gasteiger partial charge in [0.25, 0.3) is 0 Å². The van der Waals surface area contributed by atoms with Crippen molar-refractivity contribution < 1.29 is 4.79 Å². The van der Waals surface area contributed by atoms with Crippen LogP contribution in [0, 0.1) is 5.92 Å². The number of amides is 1. The molecule has 0 radical (unpaired) electrons. The third kappa shape index (κ3) is 4.00. The van der Waals surface area contributed by atoms with Gasteiger partial charge in [0.15, 0.2) is 0 Å². The zero-order valence-corrected chi connectivity index (χ0v) is 9.73. The van der Waals surface area contributed by atoms with Gasteiger partial charge >= 0.3 is 0 Å². The Balaban J connectivity index is 4.08. The van der Waals surface area contributed by atoms with Crippen LogP contribution in [0.25, 0.3) is 0 Å². The number of carbonyl (C=O) groups is 1. The highest BCUT2D eigenvalue weighted by Gasteiger charge is 2.19. The molecule has 0 fully saturated rings. The molecular weight excluding hydrogens is 184 g/mol. The molecule has 13 heavy (non-hydrogen) atoms. The Labute approximate surface area is 85.0 Å². The van der Waals surface area contributed by atoms with E-state index < -0.39 is 0 Å². The van der Waals surface area contributed by atoms with Crippen molar-refractivity contribution in [3.8, 4) is 0 Å². The molecule has 2 atom stereocenters. The molecule has 1 amide bonds. The Kier molecular flexibility index (Phi) is 6.16. The molecule has 2 N–H and O–H groups in total. The van der Waals surface area contributed by atoms with Gasteiger partial charge in [-0.15, -0.1) is 0 Å². The Morgan fingerprint density at radius 2 is 2.08 bits per heavy atom. The van der Waals surface area contributed by atoms with Crippen molar-refractivity contribution in [3.63, 3.8) is 0 Å². The van der Waals surface area contributed by atoms with E-state index in [4.69, 9.17) is 5.73 Å². The molecule has 3 nitrogen and oxygen atoms in total. The van der Waals surface area contributed by atoms with Crippen LogP contribution < -0.4 is 5.73 Å². The van der Waals surface area contributed by atoms with E-state index in [2.05, 4.69) is 0 Å². The molecule has 0 aliphatic rings.